The van der Waals surface area contributed by atoms with Gasteiger partial charge in [0.05, 0.1) is 12.9 Å². The van der Waals surface area contributed by atoms with E-state index in [0.717, 1.165) is 44.3 Å². The summed E-state index contributed by atoms with van der Waals surface area (Å²) in [7, 11) is 0. The number of aliphatic hydroxyl groups is 1. The van der Waals surface area contributed by atoms with Crippen molar-refractivity contribution in [3.05, 3.63) is 24.2 Å². The number of rotatable bonds is 7. The number of ether oxygens (including phenoxy) is 1. The molecule has 118 valence electrons. The molecule has 1 aromatic rings. The lowest BCUT2D eigenvalue weighted by Gasteiger charge is -2.27. The van der Waals surface area contributed by atoms with Crippen molar-refractivity contribution in [2.24, 2.45) is 10.4 Å². The lowest BCUT2D eigenvalue weighted by molar-refractivity contribution is 0.127. The summed E-state index contributed by atoms with van der Waals surface area (Å²) >= 11 is 0. The summed E-state index contributed by atoms with van der Waals surface area (Å²) in [6.07, 6.45) is 3.37. The van der Waals surface area contributed by atoms with Crippen LogP contribution in [0, 0.1) is 5.41 Å². The highest BCUT2D eigenvalue weighted by Gasteiger charge is 2.34. The van der Waals surface area contributed by atoms with Crippen LogP contribution in [0.3, 0.4) is 0 Å². The minimum Gasteiger partial charge on any atom is -0.467 e. The SMILES string of the molecule is CCNC(=NCc1ccco1)NCC1(CCO)CCOC1. The Bertz CT molecular complexity index is 425. The fourth-order valence-electron chi connectivity index (χ4n) is 2.48. The fraction of sp³-hybridized carbons (Fsp3) is 0.667. The first kappa shape index (κ1) is 15.9. The van der Waals surface area contributed by atoms with Gasteiger partial charge in [0.15, 0.2) is 5.96 Å². The normalized spacial score (nSPS) is 22.5. The number of furan rings is 1. The van der Waals surface area contributed by atoms with E-state index in [9.17, 15) is 5.11 Å². The molecule has 0 saturated carbocycles. The number of nitrogens with zero attached hydrogens (tertiary/aromatic N) is 1. The molecule has 0 aliphatic carbocycles. The third kappa shape index (κ3) is 4.75. The summed E-state index contributed by atoms with van der Waals surface area (Å²) in [6.45, 7) is 5.73. The van der Waals surface area contributed by atoms with Gasteiger partial charge < -0.3 is 24.9 Å². The maximum atomic E-state index is 9.25. The summed E-state index contributed by atoms with van der Waals surface area (Å²) in [5, 5.41) is 15.8. The predicted molar refractivity (Wildman–Crippen MR) is 81.1 cm³/mol. The molecule has 3 N–H and O–H groups in total. The molecule has 2 heterocycles. The summed E-state index contributed by atoms with van der Waals surface area (Å²) in [4.78, 5) is 4.51. The zero-order valence-corrected chi connectivity index (χ0v) is 12.6. The number of aliphatic hydroxyl groups excluding tert-OH is 1. The van der Waals surface area contributed by atoms with Crippen molar-refractivity contribution in [1.29, 1.82) is 0 Å². The number of guanidine groups is 1. The van der Waals surface area contributed by atoms with Gasteiger partial charge in [-0.05, 0) is 31.9 Å². The van der Waals surface area contributed by atoms with E-state index in [-0.39, 0.29) is 12.0 Å². The maximum Gasteiger partial charge on any atom is 0.191 e. The van der Waals surface area contributed by atoms with Gasteiger partial charge in [-0.2, -0.15) is 0 Å². The number of aliphatic imine (C=N–C) groups is 1. The van der Waals surface area contributed by atoms with Gasteiger partial charge in [-0.15, -0.1) is 0 Å². The highest BCUT2D eigenvalue weighted by molar-refractivity contribution is 5.79. The summed E-state index contributed by atoms with van der Waals surface area (Å²) in [5.74, 6) is 1.60. The summed E-state index contributed by atoms with van der Waals surface area (Å²) < 4.78 is 10.8. The Hall–Kier alpha value is -1.53. The Morgan fingerprint density at radius 3 is 3.00 bits per heavy atom. The number of nitrogens with one attached hydrogen (secondary N) is 2. The Morgan fingerprint density at radius 2 is 2.38 bits per heavy atom. The van der Waals surface area contributed by atoms with Gasteiger partial charge in [-0.3, -0.25) is 0 Å². The lowest BCUT2D eigenvalue weighted by atomic mass is 9.84. The molecule has 1 aliphatic heterocycles. The standard InChI is InChI=1S/C15H25N3O3/c1-2-16-14(17-10-13-4-3-8-21-13)18-11-15(5-7-19)6-9-20-12-15/h3-4,8,19H,2,5-7,9-12H2,1H3,(H2,16,17,18). The van der Waals surface area contributed by atoms with E-state index in [0.29, 0.717) is 13.2 Å². The molecule has 6 heteroatoms. The van der Waals surface area contributed by atoms with E-state index in [1.165, 1.54) is 0 Å². The van der Waals surface area contributed by atoms with E-state index >= 15 is 0 Å². The molecule has 0 amide bonds. The molecule has 1 fully saturated rings. The van der Waals surface area contributed by atoms with E-state index in [1.54, 1.807) is 6.26 Å². The highest BCUT2D eigenvalue weighted by atomic mass is 16.5. The Kier molecular flexibility index (Phi) is 6.07. The van der Waals surface area contributed by atoms with Gasteiger partial charge in [0, 0.05) is 31.7 Å². The molecule has 0 radical (unpaired) electrons. The van der Waals surface area contributed by atoms with Crippen molar-refractivity contribution in [3.8, 4) is 0 Å². The lowest BCUT2D eigenvalue weighted by Crippen LogP contribution is -2.44. The van der Waals surface area contributed by atoms with Crippen LogP contribution in [0.5, 0.6) is 0 Å². The van der Waals surface area contributed by atoms with Crippen LogP contribution >= 0.6 is 0 Å². The van der Waals surface area contributed by atoms with Gasteiger partial charge >= 0.3 is 0 Å². The molecular weight excluding hydrogens is 270 g/mol. The Balaban J connectivity index is 1.90. The van der Waals surface area contributed by atoms with E-state index in [2.05, 4.69) is 15.6 Å². The van der Waals surface area contributed by atoms with Crippen LogP contribution in [0.1, 0.15) is 25.5 Å². The maximum absolute atomic E-state index is 9.25. The predicted octanol–water partition coefficient (Wildman–Crippen LogP) is 1.12. The first-order valence-corrected chi connectivity index (χ1v) is 7.51. The molecule has 1 unspecified atom stereocenters. The second-order valence-electron chi connectivity index (χ2n) is 5.40. The smallest absolute Gasteiger partial charge is 0.191 e. The minimum absolute atomic E-state index is 0.00955. The van der Waals surface area contributed by atoms with Crippen molar-refractivity contribution in [1.82, 2.24) is 10.6 Å². The second kappa shape index (κ2) is 8.05. The van der Waals surface area contributed by atoms with Gasteiger partial charge in [0.1, 0.15) is 12.3 Å². The van der Waals surface area contributed by atoms with E-state index < -0.39 is 0 Å². The second-order valence-corrected chi connectivity index (χ2v) is 5.40. The van der Waals surface area contributed by atoms with Crippen molar-refractivity contribution in [2.75, 3.05) is 32.9 Å². The van der Waals surface area contributed by atoms with Crippen LogP contribution < -0.4 is 10.6 Å². The molecule has 6 nitrogen and oxygen atoms in total. The Morgan fingerprint density at radius 1 is 1.48 bits per heavy atom. The zero-order chi connectivity index (χ0) is 15.0. The quantitative estimate of drug-likeness (QED) is 0.519. The van der Waals surface area contributed by atoms with Gasteiger partial charge in [0.2, 0.25) is 0 Å². The molecule has 1 atom stereocenters. The minimum atomic E-state index is 0.00955. The van der Waals surface area contributed by atoms with Crippen LogP contribution in [0.25, 0.3) is 0 Å². The third-order valence-corrected chi connectivity index (χ3v) is 3.78. The molecule has 1 saturated heterocycles. The molecule has 21 heavy (non-hydrogen) atoms. The van der Waals surface area contributed by atoms with Crippen LogP contribution in [-0.2, 0) is 11.3 Å². The van der Waals surface area contributed by atoms with Gasteiger partial charge in [0.25, 0.3) is 0 Å². The van der Waals surface area contributed by atoms with Crippen LogP contribution in [0.2, 0.25) is 0 Å². The molecular formula is C15H25N3O3. The van der Waals surface area contributed by atoms with Gasteiger partial charge in [-0.1, -0.05) is 0 Å². The number of hydrogen-bond donors (Lipinski definition) is 3. The van der Waals surface area contributed by atoms with Crippen molar-refractivity contribution in [2.45, 2.75) is 26.3 Å². The molecule has 1 aromatic heterocycles. The van der Waals surface area contributed by atoms with E-state index in [4.69, 9.17) is 9.15 Å². The first-order valence-electron chi connectivity index (χ1n) is 7.51. The fourth-order valence-corrected chi connectivity index (χ4v) is 2.48. The molecule has 1 aliphatic rings. The van der Waals surface area contributed by atoms with Crippen molar-refractivity contribution in [3.63, 3.8) is 0 Å². The molecule has 0 spiro atoms. The zero-order valence-electron chi connectivity index (χ0n) is 12.6. The largest absolute Gasteiger partial charge is 0.467 e. The van der Waals surface area contributed by atoms with Crippen molar-refractivity contribution >= 4 is 5.96 Å². The third-order valence-electron chi connectivity index (χ3n) is 3.78. The molecule has 0 bridgehead atoms. The monoisotopic (exact) mass is 295 g/mol. The topological polar surface area (TPSA) is 79.0 Å². The average Bonchev–Trinajstić information content (AvgIpc) is 3.14. The summed E-state index contributed by atoms with van der Waals surface area (Å²) in [6, 6.07) is 3.77. The van der Waals surface area contributed by atoms with Crippen molar-refractivity contribution < 1.29 is 14.3 Å². The van der Waals surface area contributed by atoms with Crippen LogP contribution in [-0.4, -0.2) is 44.0 Å². The van der Waals surface area contributed by atoms with Crippen LogP contribution in [0.4, 0.5) is 0 Å². The average molecular weight is 295 g/mol. The highest BCUT2D eigenvalue weighted by Crippen LogP contribution is 2.31. The Labute approximate surface area is 125 Å². The van der Waals surface area contributed by atoms with Gasteiger partial charge in [-0.25, -0.2) is 4.99 Å². The first-order chi connectivity index (χ1) is 10.3. The molecule has 0 aromatic carbocycles. The molecule has 2 rings (SSSR count). The number of hydrogen-bond acceptors (Lipinski definition) is 4. The summed E-state index contributed by atoms with van der Waals surface area (Å²) in [5.41, 5.74) is 0.00955. The van der Waals surface area contributed by atoms with Crippen LogP contribution in [0.15, 0.2) is 27.8 Å². The van der Waals surface area contributed by atoms with E-state index in [1.807, 2.05) is 19.1 Å².